The minimum absolute atomic E-state index is 0.185. The van der Waals surface area contributed by atoms with Crippen molar-refractivity contribution in [3.05, 3.63) is 58.7 Å². The van der Waals surface area contributed by atoms with Crippen molar-refractivity contribution in [1.82, 2.24) is 15.0 Å². The summed E-state index contributed by atoms with van der Waals surface area (Å²) in [5.74, 6) is 1.49. The molecule has 3 aliphatic rings. The van der Waals surface area contributed by atoms with Crippen molar-refractivity contribution < 1.29 is 8.91 Å². The van der Waals surface area contributed by atoms with Gasteiger partial charge in [0.05, 0.1) is 5.69 Å². The molecule has 27 heavy (non-hydrogen) atoms. The van der Waals surface area contributed by atoms with Crippen LogP contribution in [0.3, 0.4) is 0 Å². The van der Waals surface area contributed by atoms with Gasteiger partial charge in [-0.1, -0.05) is 29.4 Å². The van der Waals surface area contributed by atoms with Gasteiger partial charge in [-0.15, -0.1) is 0 Å². The summed E-state index contributed by atoms with van der Waals surface area (Å²) in [4.78, 5) is 5.19. The van der Waals surface area contributed by atoms with E-state index in [0.29, 0.717) is 6.04 Å². The first kappa shape index (κ1) is 18.4. The molecule has 4 heterocycles. The number of halogens is 1. The minimum atomic E-state index is -0.185. The number of fused-ring (bicyclic) bond motifs is 4. The summed E-state index contributed by atoms with van der Waals surface area (Å²) in [6, 6.07) is 7.28. The predicted molar refractivity (Wildman–Crippen MR) is 105 cm³/mol. The van der Waals surface area contributed by atoms with E-state index in [9.17, 15) is 4.39 Å². The molecule has 0 aliphatic carbocycles. The third-order valence-electron chi connectivity index (χ3n) is 5.99. The van der Waals surface area contributed by atoms with Gasteiger partial charge >= 0.3 is 0 Å². The van der Waals surface area contributed by atoms with Crippen LogP contribution in [0.25, 0.3) is 6.08 Å². The molecule has 144 valence electrons. The Morgan fingerprint density at radius 2 is 1.96 bits per heavy atom. The van der Waals surface area contributed by atoms with Crippen molar-refractivity contribution in [3.8, 4) is 0 Å². The molecule has 0 spiro atoms. The average Bonchev–Trinajstić information content (AvgIpc) is 2.83. The molecule has 3 fully saturated rings. The van der Waals surface area contributed by atoms with Crippen molar-refractivity contribution in [2.45, 2.75) is 39.3 Å². The van der Waals surface area contributed by atoms with Crippen LogP contribution in [0.1, 0.15) is 35.4 Å². The molecule has 3 saturated heterocycles. The minimum Gasteiger partial charge on any atom is -0.361 e. The molecule has 5 heteroatoms. The van der Waals surface area contributed by atoms with E-state index in [4.69, 9.17) is 4.52 Å². The second kappa shape index (κ2) is 7.95. The molecule has 2 atom stereocenters. The molecular weight excluding hydrogens is 341 g/mol. The zero-order chi connectivity index (χ0) is 18.8. The molecule has 1 aromatic carbocycles. The summed E-state index contributed by atoms with van der Waals surface area (Å²) in [5, 5.41) is 4.10. The van der Waals surface area contributed by atoms with Gasteiger partial charge in [-0.2, -0.15) is 0 Å². The Kier molecular flexibility index (Phi) is 5.41. The van der Waals surface area contributed by atoms with E-state index in [-0.39, 0.29) is 5.82 Å². The molecule has 0 N–H and O–H groups in total. The van der Waals surface area contributed by atoms with E-state index in [1.165, 1.54) is 30.5 Å². The maximum absolute atomic E-state index is 13.0. The highest BCUT2D eigenvalue weighted by Gasteiger charge is 2.34. The second-order valence-corrected chi connectivity index (χ2v) is 8.00. The monoisotopic (exact) mass is 369 g/mol. The topological polar surface area (TPSA) is 32.5 Å². The number of hydrogen-bond acceptors (Lipinski definition) is 4. The lowest BCUT2D eigenvalue weighted by Crippen LogP contribution is -2.43. The van der Waals surface area contributed by atoms with Gasteiger partial charge < -0.3 is 4.52 Å². The second-order valence-electron chi connectivity index (χ2n) is 8.00. The van der Waals surface area contributed by atoms with E-state index in [1.807, 2.05) is 26.0 Å². The predicted octanol–water partition coefficient (Wildman–Crippen LogP) is 4.04. The van der Waals surface area contributed by atoms with Crippen LogP contribution >= 0.6 is 0 Å². The normalized spacial score (nSPS) is 24.0. The lowest BCUT2D eigenvalue weighted by atomic mass is 9.95. The summed E-state index contributed by atoms with van der Waals surface area (Å²) in [6.07, 6.45) is 6.90. The van der Waals surface area contributed by atoms with Crippen molar-refractivity contribution in [2.24, 2.45) is 5.92 Å². The molecule has 4 nitrogen and oxygen atoms in total. The molecule has 0 radical (unpaired) electrons. The largest absolute Gasteiger partial charge is 0.361 e. The number of aryl methyl sites for hydroxylation is 2. The molecule has 2 bridgehead atoms. The Labute approximate surface area is 160 Å². The van der Waals surface area contributed by atoms with Gasteiger partial charge in [0.1, 0.15) is 11.6 Å². The number of rotatable bonds is 5. The van der Waals surface area contributed by atoms with Gasteiger partial charge in [-0.3, -0.25) is 9.80 Å². The van der Waals surface area contributed by atoms with E-state index in [1.54, 1.807) is 0 Å². The summed E-state index contributed by atoms with van der Waals surface area (Å²) < 4.78 is 18.4. The Hall–Kier alpha value is -1.98. The van der Waals surface area contributed by atoms with E-state index >= 15 is 0 Å². The van der Waals surface area contributed by atoms with Crippen LogP contribution in [0.15, 0.2) is 34.9 Å². The van der Waals surface area contributed by atoms with Crippen LogP contribution in [0.4, 0.5) is 4.39 Å². The molecule has 0 amide bonds. The standard InChI is InChI=1S/C22H28FN3O/c1-16-22(17(2)27-24-16)15-25-12-19-7-10-21(14-25)26(13-19)11-3-4-18-5-8-20(23)9-6-18/h3-6,8-9,19,21H,7,10-15H2,1-2H3/b4-3+/t19-,21+/m1/s1. The van der Waals surface area contributed by atoms with Gasteiger partial charge in [-0.25, -0.2) is 4.39 Å². The lowest BCUT2D eigenvalue weighted by molar-refractivity contribution is 0.146. The first-order valence-corrected chi connectivity index (χ1v) is 9.89. The van der Waals surface area contributed by atoms with E-state index in [2.05, 4.69) is 27.1 Å². The van der Waals surface area contributed by atoms with Gasteiger partial charge in [0, 0.05) is 44.3 Å². The molecular formula is C22H28FN3O. The zero-order valence-corrected chi connectivity index (χ0v) is 16.2. The highest BCUT2D eigenvalue weighted by Crippen LogP contribution is 2.29. The van der Waals surface area contributed by atoms with Crippen LogP contribution in [-0.2, 0) is 6.54 Å². The Balaban J connectivity index is 1.38. The summed E-state index contributed by atoms with van der Waals surface area (Å²) in [6.45, 7) is 9.35. The fourth-order valence-electron chi connectivity index (χ4n) is 4.48. The van der Waals surface area contributed by atoms with Crippen molar-refractivity contribution >= 4 is 6.08 Å². The number of aromatic nitrogens is 1. The third kappa shape index (κ3) is 4.30. The number of benzene rings is 1. The van der Waals surface area contributed by atoms with Crippen molar-refractivity contribution in [1.29, 1.82) is 0 Å². The maximum atomic E-state index is 13.0. The number of nitrogens with zero attached hydrogens (tertiary/aromatic N) is 3. The summed E-state index contributed by atoms with van der Waals surface area (Å²) in [5.41, 5.74) is 3.32. The number of hydrogen-bond donors (Lipinski definition) is 0. The quantitative estimate of drug-likeness (QED) is 0.796. The lowest BCUT2D eigenvalue weighted by Gasteiger charge is -2.35. The maximum Gasteiger partial charge on any atom is 0.138 e. The fraction of sp³-hybridized carbons (Fsp3) is 0.500. The summed E-state index contributed by atoms with van der Waals surface area (Å²) in [7, 11) is 0. The smallest absolute Gasteiger partial charge is 0.138 e. The van der Waals surface area contributed by atoms with Gasteiger partial charge in [-0.05, 0) is 50.3 Å². The SMILES string of the molecule is Cc1noc(C)c1CN1C[C@H]2CC[C@@H](C1)N(C/C=C/c1ccc(F)cc1)C2. The van der Waals surface area contributed by atoms with Crippen LogP contribution < -0.4 is 0 Å². The number of piperidine rings is 1. The molecule has 1 aromatic heterocycles. The van der Waals surface area contributed by atoms with Crippen LogP contribution in [0.2, 0.25) is 0 Å². The van der Waals surface area contributed by atoms with Crippen LogP contribution in [0, 0.1) is 25.6 Å². The molecule has 2 aromatic rings. The molecule has 5 rings (SSSR count). The first-order valence-electron chi connectivity index (χ1n) is 9.89. The Morgan fingerprint density at radius 3 is 2.70 bits per heavy atom. The van der Waals surface area contributed by atoms with Crippen LogP contribution in [-0.4, -0.2) is 47.2 Å². The summed E-state index contributed by atoms with van der Waals surface area (Å²) >= 11 is 0. The zero-order valence-electron chi connectivity index (χ0n) is 16.2. The van der Waals surface area contributed by atoms with Gasteiger partial charge in [0.2, 0.25) is 0 Å². The average molecular weight is 369 g/mol. The highest BCUT2D eigenvalue weighted by molar-refractivity contribution is 5.49. The fourth-order valence-corrected chi connectivity index (χ4v) is 4.48. The van der Waals surface area contributed by atoms with Gasteiger partial charge in [0.15, 0.2) is 0 Å². The van der Waals surface area contributed by atoms with Crippen LogP contribution in [0.5, 0.6) is 0 Å². The van der Waals surface area contributed by atoms with E-state index < -0.39 is 0 Å². The third-order valence-corrected chi connectivity index (χ3v) is 5.99. The Bertz CT molecular complexity index is 779. The van der Waals surface area contributed by atoms with Gasteiger partial charge in [0.25, 0.3) is 0 Å². The van der Waals surface area contributed by atoms with E-state index in [0.717, 1.165) is 55.7 Å². The Morgan fingerprint density at radius 1 is 1.15 bits per heavy atom. The van der Waals surface area contributed by atoms with Crippen molar-refractivity contribution in [2.75, 3.05) is 26.2 Å². The van der Waals surface area contributed by atoms with Crippen molar-refractivity contribution in [3.63, 3.8) is 0 Å². The molecule has 0 saturated carbocycles. The first-order chi connectivity index (χ1) is 13.1. The molecule has 0 unspecified atom stereocenters. The highest BCUT2D eigenvalue weighted by atomic mass is 19.1. The molecule has 3 aliphatic heterocycles.